The fraction of sp³-hybridized carbons (Fsp3) is 0.588. The Bertz CT molecular complexity index is 545. The van der Waals surface area contributed by atoms with Crippen molar-refractivity contribution in [3.8, 4) is 11.5 Å². The lowest BCUT2D eigenvalue weighted by molar-refractivity contribution is 0.297. The van der Waals surface area contributed by atoms with Crippen LogP contribution in [0.4, 0.5) is 5.69 Å². The topological polar surface area (TPSA) is 54.9 Å². The first kappa shape index (κ1) is 15.0. The third-order valence-electron chi connectivity index (χ3n) is 4.14. The number of benzene rings is 1. The van der Waals surface area contributed by atoms with Crippen LogP contribution in [0.25, 0.3) is 0 Å². The molecule has 2 atom stereocenters. The van der Waals surface area contributed by atoms with E-state index in [9.17, 15) is 0 Å². The second-order valence-electron chi connectivity index (χ2n) is 5.94. The molecule has 2 aliphatic rings. The molecule has 2 unspecified atom stereocenters. The van der Waals surface area contributed by atoms with E-state index in [1.54, 1.807) is 7.05 Å². The zero-order valence-corrected chi connectivity index (χ0v) is 13.4. The predicted octanol–water partition coefficient (Wildman–Crippen LogP) is 3.02. The number of nitrogens with one attached hydrogen (secondary N) is 2. The molecule has 1 aromatic rings. The molecule has 0 saturated heterocycles. The molecule has 1 saturated carbocycles. The van der Waals surface area contributed by atoms with Gasteiger partial charge in [0, 0.05) is 31.3 Å². The first-order chi connectivity index (χ1) is 10.8. The minimum absolute atomic E-state index is 0.562. The van der Waals surface area contributed by atoms with Gasteiger partial charge in [-0.25, -0.2) is 0 Å². The molecule has 0 spiro atoms. The van der Waals surface area contributed by atoms with Crippen LogP contribution in [0.5, 0.6) is 11.5 Å². The summed E-state index contributed by atoms with van der Waals surface area (Å²) in [7, 11) is 1.80. The van der Waals surface area contributed by atoms with Crippen molar-refractivity contribution in [2.75, 3.05) is 25.6 Å². The van der Waals surface area contributed by atoms with E-state index in [0.29, 0.717) is 19.3 Å². The maximum atomic E-state index is 5.72. The van der Waals surface area contributed by atoms with Crippen molar-refractivity contribution in [2.24, 2.45) is 10.9 Å². The van der Waals surface area contributed by atoms with Crippen LogP contribution in [0.15, 0.2) is 23.2 Å². The third-order valence-corrected chi connectivity index (χ3v) is 4.14. The summed E-state index contributed by atoms with van der Waals surface area (Å²) in [5.41, 5.74) is 0.963. The summed E-state index contributed by atoms with van der Waals surface area (Å²) < 4.78 is 11.4. The van der Waals surface area contributed by atoms with Crippen molar-refractivity contribution < 1.29 is 9.47 Å². The van der Waals surface area contributed by atoms with E-state index in [2.05, 4.69) is 22.5 Å². The number of fused-ring (bicyclic) bond motifs is 1. The number of anilines is 1. The molecule has 1 aliphatic heterocycles. The van der Waals surface area contributed by atoms with Crippen molar-refractivity contribution >= 4 is 11.6 Å². The Morgan fingerprint density at radius 1 is 1.27 bits per heavy atom. The zero-order chi connectivity index (χ0) is 15.4. The summed E-state index contributed by atoms with van der Waals surface area (Å²) in [5.74, 6) is 3.23. The summed E-state index contributed by atoms with van der Waals surface area (Å²) >= 11 is 0. The predicted molar refractivity (Wildman–Crippen MR) is 89.0 cm³/mol. The molecule has 2 N–H and O–H groups in total. The lowest BCUT2D eigenvalue weighted by Gasteiger charge is -2.14. The van der Waals surface area contributed by atoms with Crippen LogP contribution < -0.4 is 20.1 Å². The quantitative estimate of drug-likeness (QED) is 0.663. The molecule has 5 heteroatoms. The van der Waals surface area contributed by atoms with Gasteiger partial charge < -0.3 is 20.1 Å². The van der Waals surface area contributed by atoms with Crippen molar-refractivity contribution in [3.63, 3.8) is 0 Å². The van der Waals surface area contributed by atoms with E-state index in [1.165, 1.54) is 19.3 Å². The SMILES string of the molecule is CCCC1CC1NC(=NC)Nc1ccc2c(c1)OCCCO2. The van der Waals surface area contributed by atoms with E-state index in [0.717, 1.165) is 35.5 Å². The molecule has 120 valence electrons. The Kier molecular flexibility index (Phi) is 4.71. The Labute approximate surface area is 132 Å². The average Bonchev–Trinajstić information content (AvgIpc) is 3.29. The van der Waals surface area contributed by atoms with Crippen molar-refractivity contribution in [1.82, 2.24) is 5.32 Å². The third kappa shape index (κ3) is 3.64. The van der Waals surface area contributed by atoms with Gasteiger partial charge >= 0.3 is 0 Å². The highest BCUT2D eigenvalue weighted by Crippen LogP contribution is 2.35. The lowest BCUT2D eigenvalue weighted by atomic mass is 10.2. The molecule has 1 aliphatic carbocycles. The van der Waals surface area contributed by atoms with Crippen molar-refractivity contribution in [3.05, 3.63) is 18.2 Å². The highest BCUT2D eigenvalue weighted by Gasteiger charge is 2.36. The maximum Gasteiger partial charge on any atom is 0.195 e. The number of guanidine groups is 1. The molecule has 0 radical (unpaired) electrons. The van der Waals surface area contributed by atoms with Gasteiger partial charge in [0.1, 0.15) is 0 Å². The van der Waals surface area contributed by atoms with Crippen LogP contribution in [-0.4, -0.2) is 32.3 Å². The Morgan fingerprint density at radius 3 is 2.86 bits per heavy atom. The van der Waals surface area contributed by atoms with Gasteiger partial charge in [-0.2, -0.15) is 0 Å². The standard InChI is InChI=1S/C17H25N3O2/c1-3-5-12-10-14(12)20-17(18-2)19-13-6-7-15-16(11-13)22-9-4-8-21-15/h6-7,11-12,14H,3-5,8-10H2,1-2H3,(H2,18,19,20). The summed E-state index contributed by atoms with van der Waals surface area (Å²) in [5, 5.41) is 6.82. The molecule has 0 amide bonds. The fourth-order valence-electron chi connectivity index (χ4n) is 2.82. The van der Waals surface area contributed by atoms with Gasteiger partial charge in [0.25, 0.3) is 0 Å². The van der Waals surface area contributed by atoms with Gasteiger partial charge in [-0.05, 0) is 30.9 Å². The van der Waals surface area contributed by atoms with Gasteiger partial charge in [-0.3, -0.25) is 4.99 Å². The van der Waals surface area contributed by atoms with E-state index in [4.69, 9.17) is 9.47 Å². The molecule has 0 bridgehead atoms. The summed E-state index contributed by atoms with van der Waals surface area (Å²) in [6, 6.07) is 6.49. The summed E-state index contributed by atoms with van der Waals surface area (Å²) in [6.45, 7) is 3.65. The van der Waals surface area contributed by atoms with Gasteiger partial charge in [-0.15, -0.1) is 0 Å². The van der Waals surface area contributed by atoms with Crippen LogP contribution >= 0.6 is 0 Å². The molecular formula is C17H25N3O2. The van der Waals surface area contributed by atoms with Crippen LogP contribution in [0, 0.1) is 5.92 Å². The molecule has 1 aromatic carbocycles. The molecule has 1 heterocycles. The smallest absolute Gasteiger partial charge is 0.195 e. The highest BCUT2D eigenvalue weighted by molar-refractivity contribution is 5.94. The second kappa shape index (κ2) is 6.90. The lowest BCUT2D eigenvalue weighted by Crippen LogP contribution is -2.33. The maximum absolute atomic E-state index is 5.72. The highest BCUT2D eigenvalue weighted by atomic mass is 16.5. The van der Waals surface area contributed by atoms with E-state index < -0.39 is 0 Å². The number of aliphatic imine (C=N–C) groups is 1. The van der Waals surface area contributed by atoms with Gasteiger partial charge in [0.2, 0.25) is 0 Å². The summed E-state index contributed by atoms with van der Waals surface area (Å²) in [6.07, 6.45) is 4.70. The Hall–Kier alpha value is -1.91. The minimum Gasteiger partial charge on any atom is -0.490 e. The normalized spacial score (nSPS) is 23.6. The number of hydrogen-bond donors (Lipinski definition) is 2. The average molecular weight is 303 g/mol. The first-order valence-electron chi connectivity index (χ1n) is 8.20. The monoisotopic (exact) mass is 303 g/mol. The molecule has 22 heavy (non-hydrogen) atoms. The second-order valence-corrected chi connectivity index (χ2v) is 5.94. The van der Waals surface area contributed by atoms with E-state index >= 15 is 0 Å². The van der Waals surface area contributed by atoms with Crippen LogP contribution in [0.1, 0.15) is 32.6 Å². The number of rotatable bonds is 4. The fourth-order valence-corrected chi connectivity index (χ4v) is 2.82. The number of nitrogens with zero attached hydrogens (tertiary/aromatic N) is 1. The first-order valence-corrected chi connectivity index (χ1v) is 8.20. The van der Waals surface area contributed by atoms with Gasteiger partial charge in [-0.1, -0.05) is 13.3 Å². The van der Waals surface area contributed by atoms with E-state index in [-0.39, 0.29) is 0 Å². The molecule has 0 aromatic heterocycles. The number of ether oxygens (including phenoxy) is 2. The Morgan fingerprint density at radius 2 is 2.09 bits per heavy atom. The minimum atomic E-state index is 0.562. The van der Waals surface area contributed by atoms with Crippen LogP contribution in [0.2, 0.25) is 0 Å². The van der Waals surface area contributed by atoms with Crippen LogP contribution in [0.3, 0.4) is 0 Å². The largest absolute Gasteiger partial charge is 0.490 e. The summed E-state index contributed by atoms with van der Waals surface area (Å²) in [4.78, 5) is 4.31. The molecule has 1 fully saturated rings. The van der Waals surface area contributed by atoms with Crippen LogP contribution in [-0.2, 0) is 0 Å². The molecular weight excluding hydrogens is 278 g/mol. The molecule has 3 rings (SSSR count). The van der Waals surface area contributed by atoms with Crippen molar-refractivity contribution in [2.45, 2.75) is 38.6 Å². The van der Waals surface area contributed by atoms with E-state index in [1.807, 2.05) is 18.2 Å². The van der Waals surface area contributed by atoms with Gasteiger partial charge in [0.05, 0.1) is 13.2 Å². The van der Waals surface area contributed by atoms with Gasteiger partial charge in [0.15, 0.2) is 17.5 Å². The number of hydrogen-bond acceptors (Lipinski definition) is 3. The Balaban J connectivity index is 1.61. The molecule has 5 nitrogen and oxygen atoms in total. The zero-order valence-electron chi connectivity index (χ0n) is 13.4. The van der Waals surface area contributed by atoms with Crippen molar-refractivity contribution in [1.29, 1.82) is 0 Å².